The van der Waals surface area contributed by atoms with E-state index in [0.717, 1.165) is 0 Å². The molecule has 0 aliphatic carbocycles. The van der Waals surface area contributed by atoms with Crippen molar-refractivity contribution in [3.63, 3.8) is 0 Å². The van der Waals surface area contributed by atoms with E-state index in [4.69, 9.17) is 25.8 Å². The average molecular weight is 455 g/mol. The van der Waals surface area contributed by atoms with Gasteiger partial charge in [-0.3, -0.25) is 4.79 Å². The fraction of sp³-hybridized carbons (Fsp3) is 0.350. The molecule has 0 aromatic heterocycles. The number of benzene rings is 2. The summed E-state index contributed by atoms with van der Waals surface area (Å²) in [6.45, 7) is 1.70. The topological polar surface area (TPSA) is 94.2 Å². The van der Waals surface area contributed by atoms with E-state index in [9.17, 15) is 13.2 Å². The van der Waals surface area contributed by atoms with Gasteiger partial charge in [-0.15, -0.1) is 0 Å². The summed E-state index contributed by atoms with van der Waals surface area (Å²) in [5.74, 6) is 0.461. The molecule has 1 fully saturated rings. The summed E-state index contributed by atoms with van der Waals surface area (Å²) >= 11 is 5.83. The largest absolute Gasteiger partial charge is 0.496 e. The molecule has 0 bridgehead atoms. The van der Waals surface area contributed by atoms with Crippen molar-refractivity contribution in [3.8, 4) is 11.5 Å². The van der Waals surface area contributed by atoms with Crippen molar-refractivity contribution in [1.29, 1.82) is 0 Å². The van der Waals surface area contributed by atoms with Gasteiger partial charge in [-0.05, 0) is 42.5 Å². The van der Waals surface area contributed by atoms with Crippen LogP contribution in [-0.4, -0.2) is 65.2 Å². The third kappa shape index (κ3) is 5.42. The molecule has 1 amide bonds. The van der Waals surface area contributed by atoms with Crippen LogP contribution in [0.1, 0.15) is 10.4 Å². The minimum absolute atomic E-state index is 0.0350. The van der Waals surface area contributed by atoms with E-state index in [1.54, 1.807) is 24.3 Å². The van der Waals surface area contributed by atoms with Crippen molar-refractivity contribution in [2.45, 2.75) is 4.90 Å². The van der Waals surface area contributed by atoms with Crippen molar-refractivity contribution in [2.75, 3.05) is 46.6 Å². The maximum atomic E-state index is 12.9. The van der Waals surface area contributed by atoms with E-state index in [1.807, 2.05) is 0 Å². The van der Waals surface area contributed by atoms with Crippen LogP contribution in [-0.2, 0) is 14.8 Å². The Labute approximate surface area is 180 Å². The van der Waals surface area contributed by atoms with Crippen molar-refractivity contribution >= 4 is 27.5 Å². The van der Waals surface area contributed by atoms with E-state index < -0.39 is 15.9 Å². The summed E-state index contributed by atoms with van der Waals surface area (Å²) in [7, 11) is -2.30. The fourth-order valence-electron chi connectivity index (χ4n) is 2.92. The third-order valence-corrected chi connectivity index (χ3v) is 6.64. The number of ether oxygens (including phenoxy) is 3. The number of morpholine rings is 1. The summed E-state index contributed by atoms with van der Waals surface area (Å²) in [5, 5.41) is 3.32. The molecule has 0 spiro atoms. The molecule has 162 valence electrons. The first-order valence-corrected chi connectivity index (χ1v) is 11.2. The minimum atomic E-state index is -3.73. The molecule has 0 saturated carbocycles. The highest BCUT2D eigenvalue weighted by molar-refractivity contribution is 7.89. The lowest BCUT2D eigenvalue weighted by Gasteiger charge is -2.26. The van der Waals surface area contributed by atoms with Crippen LogP contribution < -0.4 is 14.8 Å². The molecular formula is C20H23ClN2O6S. The summed E-state index contributed by atoms with van der Waals surface area (Å²) in [6.07, 6.45) is 0. The number of halogens is 1. The van der Waals surface area contributed by atoms with Gasteiger partial charge >= 0.3 is 0 Å². The second kappa shape index (κ2) is 10.1. The van der Waals surface area contributed by atoms with Crippen LogP contribution in [0.5, 0.6) is 11.5 Å². The summed E-state index contributed by atoms with van der Waals surface area (Å²) in [6, 6.07) is 11.1. The zero-order valence-electron chi connectivity index (χ0n) is 16.5. The molecular weight excluding hydrogens is 432 g/mol. The minimum Gasteiger partial charge on any atom is -0.496 e. The van der Waals surface area contributed by atoms with Gasteiger partial charge in [0.25, 0.3) is 5.91 Å². The summed E-state index contributed by atoms with van der Waals surface area (Å²) in [5.41, 5.74) is 0.137. The molecule has 0 radical (unpaired) electrons. The molecule has 3 rings (SSSR count). The molecule has 1 aliphatic rings. The van der Waals surface area contributed by atoms with Gasteiger partial charge in [-0.1, -0.05) is 11.6 Å². The zero-order valence-corrected chi connectivity index (χ0v) is 18.0. The Balaban J connectivity index is 1.66. The Morgan fingerprint density at radius 2 is 1.87 bits per heavy atom. The van der Waals surface area contributed by atoms with Crippen molar-refractivity contribution in [2.24, 2.45) is 0 Å². The first kappa shape index (κ1) is 22.4. The van der Waals surface area contributed by atoms with Crippen molar-refractivity contribution in [1.82, 2.24) is 9.62 Å². The predicted molar refractivity (Wildman–Crippen MR) is 112 cm³/mol. The molecule has 1 aliphatic heterocycles. The monoisotopic (exact) mass is 454 g/mol. The molecule has 30 heavy (non-hydrogen) atoms. The van der Waals surface area contributed by atoms with Gasteiger partial charge in [-0.2, -0.15) is 4.31 Å². The molecule has 1 saturated heterocycles. The molecule has 1 N–H and O–H groups in total. The highest BCUT2D eigenvalue weighted by Gasteiger charge is 2.28. The molecule has 10 heteroatoms. The Hall–Kier alpha value is -2.33. The lowest BCUT2D eigenvalue weighted by atomic mass is 10.2. The summed E-state index contributed by atoms with van der Waals surface area (Å²) < 4.78 is 43.1. The molecule has 0 unspecified atom stereocenters. The van der Waals surface area contributed by atoms with Crippen LogP contribution in [0.4, 0.5) is 0 Å². The quantitative estimate of drug-likeness (QED) is 0.614. The molecule has 0 atom stereocenters. The number of hydrogen-bond donors (Lipinski definition) is 1. The van der Waals surface area contributed by atoms with Crippen molar-refractivity contribution < 1.29 is 27.4 Å². The Morgan fingerprint density at radius 1 is 1.17 bits per heavy atom. The number of methoxy groups -OCH3 is 1. The second-order valence-electron chi connectivity index (χ2n) is 6.44. The molecule has 2 aromatic rings. The highest BCUT2D eigenvalue weighted by Crippen LogP contribution is 2.25. The van der Waals surface area contributed by atoms with Gasteiger partial charge in [0.2, 0.25) is 10.0 Å². The smallest absolute Gasteiger partial charge is 0.255 e. The van der Waals surface area contributed by atoms with Crippen LogP contribution in [0.25, 0.3) is 0 Å². The van der Waals surface area contributed by atoms with Crippen LogP contribution in [0.3, 0.4) is 0 Å². The maximum absolute atomic E-state index is 12.9. The van der Waals surface area contributed by atoms with E-state index in [-0.39, 0.29) is 42.4 Å². The number of carbonyl (C=O) groups is 1. The lowest BCUT2D eigenvalue weighted by molar-refractivity contribution is 0.0730. The van der Waals surface area contributed by atoms with Crippen LogP contribution >= 0.6 is 11.6 Å². The van der Waals surface area contributed by atoms with Gasteiger partial charge < -0.3 is 19.5 Å². The third-order valence-electron chi connectivity index (χ3n) is 4.49. The highest BCUT2D eigenvalue weighted by atomic mass is 35.5. The number of nitrogens with zero attached hydrogens (tertiary/aromatic N) is 1. The SMILES string of the molecule is COc1ccc(S(=O)(=O)N2CCOCC2)cc1C(=O)NCCOc1ccc(Cl)cc1. The van der Waals surface area contributed by atoms with Crippen molar-refractivity contribution in [3.05, 3.63) is 53.1 Å². The van der Waals surface area contributed by atoms with E-state index >= 15 is 0 Å². The number of hydrogen-bond acceptors (Lipinski definition) is 6. The predicted octanol–water partition coefficient (Wildman–Crippen LogP) is 2.18. The lowest BCUT2D eigenvalue weighted by Crippen LogP contribution is -2.40. The number of carbonyl (C=O) groups excluding carboxylic acids is 1. The molecule has 8 nitrogen and oxygen atoms in total. The number of nitrogens with one attached hydrogen (secondary N) is 1. The Morgan fingerprint density at radius 3 is 2.53 bits per heavy atom. The van der Waals surface area contributed by atoms with Crippen LogP contribution in [0.2, 0.25) is 5.02 Å². The Kier molecular flexibility index (Phi) is 7.54. The van der Waals surface area contributed by atoms with Crippen LogP contribution in [0.15, 0.2) is 47.4 Å². The maximum Gasteiger partial charge on any atom is 0.255 e. The number of amides is 1. The van der Waals surface area contributed by atoms with Crippen LogP contribution in [0, 0.1) is 0 Å². The summed E-state index contributed by atoms with van der Waals surface area (Å²) in [4.78, 5) is 12.7. The average Bonchev–Trinajstić information content (AvgIpc) is 2.78. The Bertz CT molecular complexity index is 975. The van der Waals surface area contributed by atoms with E-state index in [1.165, 1.54) is 29.6 Å². The second-order valence-corrected chi connectivity index (χ2v) is 8.81. The zero-order chi connectivity index (χ0) is 21.6. The molecule has 2 aromatic carbocycles. The normalized spacial score (nSPS) is 14.9. The van der Waals surface area contributed by atoms with E-state index in [2.05, 4.69) is 5.32 Å². The van der Waals surface area contributed by atoms with Gasteiger partial charge in [0.15, 0.2) is 0 Å². The van der Waals surface area contributed by atoms with Gasteiger partial charge in [0.1, 0.15) is 18.1 Å². The number of sulfonamides is 1. The molecule has 1 heterocycles. The first-order chi connectivity index (χ1) is 14.4. The van der Waals surface area contributed by atoms with Gasteiger partial charge in [0, 0.05) is 18.1 Å². The first-order valence-electron chi connectivity index (χ1n) is 9.34. The van der Waals surface area contributed by atoms with Gasteiger partial charge in [0.05, 0.1) is 37.3 Å². The van der Waals surface area contributed by atoms with Gasteiger partial charge in [-0.25, -0.2) is 8.42 Å². The standard InChI is InChI=1S/C20H23ClN2O6S/c1-27-19-7-6-17(30(25,26)23-9-12-28-13-10-23)14-18(19)20(24)22-8-11-29-16-4-2-15(21)3-5-16/h2-7,14H,8-13H2,1H3,(H,22,24). The fourth-order valence-corrected chi connectivity index (χ4v) is 4.48. The number of rotatable bonds is 8. The van der Waals surface area contributed by atoms with E-state index in [0.29, 0.717) is 24.0 Å².